The molecule has 96 valence electrons. The van der Waals surface area contributed by atoms with E-state index in [2.05, 4.69) is 24.5 Å². The highest BCUT2D eigenvalue weighted by Gasteiger charge is 2.11. The summed E-state index contributed by atoms with van der Waals surface area (Å²) in [6, 6.07) is 0. The summed E-state index contributed by atoms with van der Waals surface area (Å²) in [7, 11) is 0. The zero-order valence-corrected chi connectivity index (χ0v) is 11.2. The summed E-state index contributed by atoms with van der Waals surface area (Å²) < 4.78 is 0. The topological polar surface area (TPSA) is 24.1 Å². The molecule has 0 radical (unpaired) electrons. The number of rotatable bonds is 8. The summed E-state index contributed by atoms with van der Waals surface area (Å²) in [4.78, 5) is 0. The van der Waals surface area contributed by atoms with Crippen molar-refractivity contribution in [1.82, 2.24) is 10.6 Å². The largest absolute Gasteiger partial charge is 0.317 e. The maximum absolute atomic E-state index is 3.58. The number of hydrogen-bond acceptors (Lipinski definition) is 2. The SMILES string of the molecule is CC(C)CCCCNCCC1CCCNC1. The Bertz CT molecular complexity index is 151. The van der Waals surface area contributed by atoms with Crippen LogP contribution in [0.4, 0.5) is 0 Å². The van der Waals surface area contributed by atoms with Gasteiger partial charge >= 0.3 is 0 Å². The highest BCUT2D eigenvalue weighted by Crippen LogP contribution is 2.12. The molecule has 0 aromatic carbocycles. The average molecular weight is 226 g/mol. The van der Waals surface area contributed by atoms with E-state index in [0.29, 0.717) is 0 Å². The molecule has 2 N–H and O–H groups in total. The third-order valence-electron chi connectivity index (χ3n) is 3.51. The van der Waals surface area contributed by atoms with Crippen LogP contribution in [0.1, 0.15) is 52.4 Å². The molecular formula is C14H30N2. The van der Waals surface area contributed by atoms with Gasteiger partial charge in [-0.3, -0.25) is 0 Å². The van der Waals surface area contributed by atoms with Crippen molar-refractivity contribution in [3.05, 3.63) is 0 Å². The van der Waals surface area contributed by atoms with Gasteiger partial charge in [0.2, 0.25) is 0 Å². The molecule has 1 saturated heterocycles. The second kappa shape index (κ2) is 9.00. The second-order valence-electron chi connectivity index (χ2n) is 5.64. The van der Waals surface area contributed by atoms with Crippen LogP contribution in [0.15, 0.2) is 0 Å². The molecule has 1 heterocycles. The van der Waals surface area contributed by atoms with Crippen LogP contribution in [0, 0.1) is 11.8 Å². The van der Waals surface area contributed by atoms with E-state index < -0.39 is 0 Å². The molecule has 2 nitrogen and oxygen atoms in total. The molecular weight excluding hydrogens is 196 g/mol. The predicted octanol–water partition coefficient (Wildman–Crippen LogP) is 2.79. The van der Waals surface area contributed by atoms with E-state index in [1.807, 2.05) is 0 Å². The van der Waals surface area contributed by atoms with E-state index in [-0.39, 0.29) is 0 Å². The number of hydrogen-bond donors (Lipinski definition) is 2. The Morgan fingerprint density at radius 1 is 1.25 bits per heavy atom. The van der Waals surface area contributed by atoms with Crippen molar-refractivity contribution >= 4 is 0 Å². The van der Waals surface area contributed by atoms with Crippen molar-refractivity contribution in [3.8, 4) is 0 Å². The molecule has 0 bridgehead atoms. The maximum Gasteiger partial charge on any atom is -0.00200 e. The number of nitrogens with one attached hydrogen (secondary N) is 2. The molecule has 0 amide bonds. The molecule has 1 atom stereocenters. The Kier molecular flexibility index (Phi) is 7.87. The van der Waals surface area contributed by atoms with Crippen LogP contribution < -0.4 is 10.6 Å². The first kappa shape index (κ1) is 14.0. The van der Waals surface area contributed by atoms with Crippen molar-refractivity contribution < 1.29 is 0 Å². The van der Waals surface area contributed by atoms with Gasteiger partial charge in [0.1, 0.15) is 0 Å². The first-order valence-electron chi connectivity index (χ1n) is 7.20. The third kappa shape index (κ3) is 7.24. The fourth-order valence-electron chi connectivity index (χ4n) is 2.40. The van der Waals surface area contributed by atoms with Gasteiger partial charge in [0.15, 0.2) is 0 Å². The van der Waals surface area contributed by atoms with Crippen molar-refractivity contribution in [3.63, 3.8) is 0 Å². The Morgan fingerprint density at radius 3 is 2.81 bits per heavy atom. The molecule has 16 heavy (non-hydrogen) atoms. The monoisotopic (exact) mass is 226 g/mol. The molecule has 1 fully saturated rings. The van der Waals surface area contributed by atoms with Crippen molar-refractivity contribution in [2.75, 3.05) is 26.2 Å². The zero-order chi connectivity index (χ0) is 11.6. The smallest absolute Gasteiger partial charge is 0.00200 e. The second-order valence-corrected chi connectivity index (χ2v) is 5.64. The molecule has 0 saturated carbocycles. The van der Waals surface area contributed by atoms with Gasteiger partial charge in [-0.25, -0.2) is 0 Å². The van der Waals surface area contributed by atoms with Crippen LogP contribution >= 0.6 is 0 Å². The minimum Gasteiger partial charge on any atom is -0.317 e. The Labute approximate surface area is 102 Å². The van der Waals surface area contributed by atoms with Gasteiger partial charge in [-0.05, 0) is 63.7 Å². The number of piperidine rings is 1. The minimum atomic E-state index is 0.869. The van der Waals surface area contributed by atoms with E-state index in [9.17, 15) is 0 Å². The van der Waals surface area contributed by atoms with Gasteiger partial charge in [0.25, 0.3) is 0 Å². The van der Waals surface area contributed by atoms with E-state index in [1.54, 1.807) is 0 Å². The van der Waals surface area contributed by atoms with E-state index in [0.717, 1.165) is 11.8 Å². The molecule has 0 spiro atoms. The first-order chi connectivity index (χ1) is 7.79. The Morgan fingerprint density at radius 2 is 2.12 bits per heavy atom. The van der Waals surface area contributed by atoms with Gasteiger partial charge in [-0.1, -0.05) is 26.7 Å². The molecule has 1 aliphatic heterocycles. The summed E-state index contributed by atoms with van der Waals surface area (Å²) >= 11 is 0. The lowest BCUT2D eigenvalue weighted by molar-refractivity contribution is 0.351. The lowest BCUT2D eigenvalue weighted by Gasteiger charge is -2.22. The summed E-state index contributed by atoms with van der Waals surface area (Å²) in [6.07, 6.45) is 8.28. The van der Waals surface area contributed by atoms with Gasteiger partial charge < -0.3 is 10.6 Å². The van der Waals surface area contributed by atoms with Crippen LogP contribution in [0.3, 0.4) is 0 Å². The van der Waals surface area contributed by atoms with Crippen molar-refractivity contribution in [2.45, 2.75) is 52.4 Å². The fraction of sp³-hybridized carbons (Fsp3) is 1.00. The van der Waals surface area contributed by atoms with E-state index >= 15 is 0 Å². The van der Waals surface area contributed by atoms with E-state index in [4.69, 9.17) is 0 Å². The standard InChI is InChI=1S/C14H30N2/c1-13(2)6-3-4-9-15-11-8-14-7-5-10-16-12-14/h13-16H,3-12H2,1-2H3. The van der Waals surface area contributed by atoms with Gasteiger partial charge in [-0.2, -0.15) is 0 Å². The van der Waals surface area contributed by atoms with Crippen LogP contribution in [0.5, 0.6) is 0 Å². The first-order valence-corrected chi connectivity index (χ1v) is 7.20. The van der Waals surface area contributed by atoms with Crippen LogP contribution in [0.2, 0.25) is 0 Å². The van der Waals surface area contributed by atoms with Crippen molar-refractivity contribution in [1.29, 1.82) is 0 Å². The quantitative estimate of drug-likeness (QED) is 0.622. The Balaban J connectivity index is 1.80. The molecule has 1 rings (SSSR count). The summed E-state index contributed by atoms with van der Waals surface area (Å²) in [5.74, 6) is 1.80. The highest BCUT2D eigenvalue weighted by molar-refractivity contribution is 4.69. The predicted molar refractivity (Wildman–Crippen MR) is 71.8 cm³/mol. The summed E-state index contributed by atoms with van der Waals surface area (Å²) in [5.41, 5.74) is 0. The third-order valence-corrected chi connectivity index (χ3v) is 3.51. The summed E-state index contributed by atoms with van der Waals surface area (Å²) in [5, 5.41) is 7.06. The average Bonchev–Trinajstić information content (AvgIpc) is 2.29. The molecule has 0 aliphatic carbocycles. The molecule has 0 aromatic heterocycles. The molecule has 1 unspecified atom stereocenters. The van der Waals surface area contributed by atoms with Crippen LogP contribution in [0.25, 0.3) is 0 Å². The summed E-state index contributed by atoms with van der Waals surface area (Å²) in [6.45, 7) is 9.53. The van der Waals surface area contributed by atoms with Gasteiger partial charge in [-0.15, -0.1) is 0 Å². The van der Waals surface area contributed by atoms with Gasteiger partial charge in [0, 0.05) is 0 Å². The van der Waals surface area contributed by atoms with Crippen LogP contribution in [-0.2, 0) is 0 Å². The van der Waals surface area contributed by atoms with Crippen molar-refractivity contribution in [2.24, 2.45) is 11.8 Å². The molecule has 0 aromatic rings. The molecule has 1 aliphatic rings. The lowest BCUT2D eigenvalue weighted by atomic mass is 9.96. The highest BCUT2D eigenvalue weighted by atomic mass is 14.9. The fourth-order valence-corrected chi connectivity index (χ4v) is 2.40. The minimum absolute atomic E-state index is 0.869. The zero-order valence-electron chi connectivity index (χ0n) is 11.2. The van der Waals surface area contributed by atoms with Crippen LogP contribution in [-0.4, -0.2) is 26.2 Å². The van der Waals surface area contributed by atoms with E-state index in [1.165, 1.54) is 64.7 Å². The molecule has 2 heteroatoms. The lowest BCUT2D eigenvalue weighted by Crippen LogP contribution is -2.31. The Hall–Kier alpha value is -0.0800. The normalized spacial score (nSPS) is 21.6. The van der Waals surface area contributed by atoms with Gasteiger partial charge in [0.05, 0.1) is 0 Å². The maximum atomic E-state index is 3.58. The number of unbranched alkanes of at least 4 members (excludes halogenated alkanes) is 1.